The van der Waals surface area contributed by atoms with Gasteiger partial charge in [-0.3, -0.25) is 4.98 Å². The molecule has 0 atom stereocenters. The van der Waals surface area contributed by atoms with Crippen LogP contribution < -0.4 is 0 Å². The van der Waals surface area contributed by atoms with E-state index in [9.17, 15) is 4.39 Å². The maximum Gasteiger partial charge on any atom is 0.132 e. The van der Waals surface area contributed by atoms with Crippen LogP contribution >= 0.6 is 11.6 Å². The van der Waals surface area contributed by atoms with Gasteiger partial charge >= 0.3 is 0 Å². The summed E-state index contributed by atoms with van der Waals surface area (Å²) in [5.74, 6) is -0.409. The number of aromatic nitrogens is 1. The van der Waals surface area contributed by atoms with Gasteiger partial charge in [0, 0.05) is 28.5 Å². The molecule has 0 saturated heterocycles. The molecule has 1 aromatic heterocycles. The molecule has 0 saturated carbocycles. The molecule has 0 aliphatic carbocycles. The molecule has 0 fully saturated rings. The maximum atomic E-state index is 13.7. The molecule has 0 radical (unpaired) electrons. The van der Waals surface area contributed by atoms with E-state index in [-0.39, 0.29) is 6.61 Å². The van der Waals surface area contributed by atoms with E-state index in [0.717, 1.165) is 0 Å². The van der Waals surface area contributed by atoms with Gasteiger partial charge in [-0.15, -0.1) is 0 Å². The first-order chi connectivity index (χ1) is 7.72. The summed E-state index contributed by atoms with van der Waals surface area (Å²) in [5, 5.41) is 9.48. The molecule has 1 aromatic carbocycles. The van der Waals surface area contributed by atoms with Crippen LogP contribution in [-0.2, 0) is 6.61 Å². The van der Waals surface area contributed by atoms with Gasteiger partial charge in [-0.05, 0) is 29.8 Å². The number of hydrogen-bond donors (Lipinski definition) is 1. The maximum absolute atomic E-state index is 13.7. The standard InChI is InChI=1S/C12H9ClFNO/c13-9-1-2-11(12(14)5-9)10-3-4-15-6-8(10)7-16/h1-6,16H,7H2. The summed E-state index contributed by atoms with van der Waals surface area (Å²) in [7, 11) is 0. The minimum atomic E-state index is -0.409. The first-order valence-electron chi connectivity index (χ1n) is 4.71. The van der Waals surface area contributed by atoms with Crippen molar-refractivity contribution >= 4 is 11.6 Å². The topological polar surface area (TPSA) is 33.1 Å². The molecule has 16 heavy (non-hydrogen) atoms. The fraction of sp³-hybridized carbons (Fsp3) is 0.0833. The molecule has 2 aromatic rings. The van der Waals surface area contributed by atoms with Crippen molar-refractivity contribution in [2.45, 2.75) is 6.61 Å². The lowest BCUT2D eigenvalue weighted by atomic mass is 10.0. The lowest BCUT2D eigenvalue weighted by Crippen LogP contribution is -1.92. The Hall–Kier alpha value is -1.45. The third-order valence-corrected chi connectivity index (χ3v) is 2.53. The molecular formula is C12H9ClFNO. The molecule has 82 valence electrons. The molecule has 0 amide bonds. The van der Waals surface area contributed by atoms with E-state index in [1.807, 2.05) is 0 Å². The minimum Gasteiger partial charge on any atom is -0.392 e. The number of halogens is 2. The molecular weight excluding hydrogens is 229 g/mol. The van der Waals surface area contributed by atoms with Crippen LogP contribution in [0.4, 0.5) is 4.39 Å². The quantitative estimate of drug-likeness (QED) is 0.871. The predicted octanol–water partition coefficient (Wildman–Crippen LogP) is 3.03. The average molecular weight is 238 g/mol. The van der Waals surface area contributed by atoms with Crippen molar-refractivity contribution in [1.82, 2.24) is 4.98 Å². The van der Waals surface area contributed by atoms with Gasteiger partial charge in [-0.25, -0.2) is 4.39 Å². The molecule has 4 heteroatoms. The zero-order valence-electron chi connectivity index (χ0n) is 8.32. The lowest BCUT2D eigenvalue weighted by Gasteiger charge is -2.07. The highest BCUT2D eigenvalue weighted by atomic mass is 35.5. The summed E-state index contributed by atoms with van der Waals surface area (Å²) >= 11 is 5.68. The average Bonchev–Trinajstić information content (AvgIpc) is 2.29. The normalized spacial score (nSPS) is 10.4. The number of nitrogens with zero attached hydrogens (tertiary/aromatic N) is 1. The number of aliphatic hydroxyl groups is 1. The van der Waals surface area contributed by atoms with Crippen molar-refractivity contribution in [2.24, 2.45) is 0 Å². The fourth-order valence-corrected chi connectivity index (χ4v) is 1.68. The van der Waals surface area contributed by atoms with E-state index in [1.165, 1.54) is 12.3 Å². The van der Waals surface area contributed by atoms with Gasteiger partial charge in [0.05, 0.1) is 6.61 Å². The van der Waals surface area contributed by atoms with Crippen molar-refractivity contribution in [3.05, 3.63) is 53.1 Å². The van der Waals surface area contributed by atoms with Crippen molar-refractivity contribution < 1.29 is 9.50 Å². The van der Waals surface area contributed by atoms with Crippen LogP contribution in [0.5, 0.6) is 0 Å². The second-order valence-electron chi connectivity index (χ2n) is 3.32. The van der Waals surface area contributed by atoms with E-state index in [0.29, 0.717) is 21.7 Å². The van der Waals surface area contributed by atoms with Gasteiger partial charge in [0.25, 0.3) is 0 Å². The van der Waals surface area contributed by atoms with Crippen LogP contribution in [0.3, 0.4) is 0 Å². The van der Waals surface area contributed by atoms with Gasteiger partial charge < -0.3 is 5.11 Å². The van der Waals surface area contributed by atoms with Crippen LogP contribution in [0, 0.1) is 5.82 Å². The predicted molar refractivity (Wildman–Crippen MR) is 60.6 cm³/mol. The first kappa shape index (κ1) is 11.0. The van der Waals surface area contributed by atoms with E-state index in [4.69, 9.17) is 16.7 Å². The highest BCUT2D eigenvalue weighted by Crippen LogP contribution is 2.27. The Morgan fingerprint density at radius 3 is 2.75 bits per heavy atom. The lowest BCUT2D eigenvalue weighted by molar-refractivity contribution is 0.282. The molecule has 0 unspecified atom stereocenters. The first-order valence-corrected chi connectivity index (χ1v) is 5.09. The summed E-state index contributed by atoms with van der Waals surface area (Å²) < 4.78 is 13.7. The van der Waals surface area contributed by atoms with E-state index < -0.39 is 5.82 Å². The summed E-state index contributed by atoms with van der Waals surface area (Å²) in [6, 6.07) is 6.12. The van der Waals surface area contributed by atoms with E-state index in [1.54, 1.807) is 24.4 Å². The molecule has 0 aliphatic heterocycles. The highest BCUT2D eigenvalue weighted by molar-refractivity contribution is 6.30. The Bertz CT molecular complexity index is 516. The van der Waals surface area contributed by atoms with Gasteiger partial charge in [0.2, 0.25) is 0 Å². The van der Waals surface area contributed by atoms with Crippen LogP contribution in [0.25, 0.3) is 11.1 Å². The number of hydrogen-bond acceptors (Lipinski definition) is 2. The smallest absolute Gasteiger partial charge is 0.132 e. The van der Waals surface area contributed by atoms with Crippen molar-refractivity contribution in [3.8, 4) is 11.1 Å². The third-order valence-electron chi connectivity index (χ3n) is 2.30. The van der Waals surface area contributed by atoms with Gasteiger partial charge in [0.15, 0.2) is 0 Å². The zero-order valence-corrected chi connectivity index (χ0v) is 9.08. The number of aliphatic hydroxyl groups excluding tert-OH is 1. The Morgan fingerprint density at radius 2 is 2.06 bits per heavy atom. The second-order valence-corrected chi connectivity index (χ2v) is 3.75. The zero-order chi connectivity index (χ0) is 11.5. The van der Waals surface area contributed by atoms with Gasteiger partial charge in [-0.1, -0.05) is 11.6 Å². The van der Waals surface area contributed by atoms with Crippen LogP contribution in [0.2, 0.25) is 5.02 Å². The van der Waals surface area contributed by atoms with Crippen molar-refractivity contribution in [2.75, 3.05) is 0 Å². The SMILES string of the molecule is OCc1cnccc1-c1ccc(Cl)cc1F. The van der Waals surface area contributed by atoms with Crippen LogP contribution in [0.1, 0.15) is 5.56 Å². The molecule has 0 aliphatic rings. The summed E-state index contributed by atoms with van der Waals surface area (Å²) in [6.07, 6.45) is 3.08. The Balaban J connectivity index is 2.58. The largest absolute Gasteiger partial charge is 0.392 e. The number of benzene rings is 1. The summed E-state index contributed by atoms with van der Waals surface area (Å²) in [4.78, 5) is 3.88. The Morgan fingerprint density at radius 1 is 1.25 bits per heavy atom. The summed E-state index contributed by atoms with van der Waals surface area (Å²) in [5.41, 5.74) is 1.63. The van der Waals surface area contributed by atoms with Crippen molar-refractivity contribution in [1.29, 1.82) is 0 Å². The molecule has 2 nitrogen and oxygen atoms in total. The molecule has 0 bridgehead atoms. The molecule has 0 spiro atoms. The third kappa shape index (κ3) is 2.05. The monoisotopic (exact) mass is 237 g/mol. The summed E-state index contributed by atoms with van der Waals surface area (Å²) in [6.45, 7) is -0.175. The fourth-order valence-electron chi connectivity index (χ4n) is 1.52. The van der Waals surface area contributed by atoms with Gasteiger partial charge in [0.1, 0.15) is 5.82 Å². The second kappa shape index (κ2) is 4.60. The molecule has 2 rings (SSSR count). The van der Waals surface area contributed by atoms with Crippen LogP contribution in [0.15, 0.2) is 36.7 Å². The van der Waals surface area contributed by atoms with Crippen molar-refractivity contribution in [3.63, 3.8) is 0 Å². The molecule has 1 heterocycles. The molecule has 1 N–H and O–H groups in total. The Kier molecular flexibility index (Phi) is 3.17. The van der Waals surface area contributed by atoms with E-state index in [2.05, 4.69) is 4.98 Å². The van der Waals surface area contributed by atoms with Gasteiger partial charge in [-0.2, -0.15) is 0 Å². The number of rotatable bonds is 2. The van der Waals surface area contributed by atoms with Crippen LogP contribution in [-0.4, -0.2) is 10.1 Å². The number of pyridine rings is 1. The minimum absolute atomic E-state index is 0.175. The van der Waals surface area contributed by atoms with E-state index >= 15 is 0 Å². The Labute approximate surface area is 97.3 Å². The highest BCUT2D eigenvalue weighted by Gasteiger charge is 2.09.